The summed E-state index contributed by atoms with van der Waals surface area (Å²) in [5.74, 6) is 0.352. The summed E-state index contributed by atoms with van der Waals surface area (Å²) in [5.41, 5.74) is 0.708. The smallest absolute Gasteiger partial charge is 0.131 e. The van der Waals surface area contributed by atoms with Gasteiger partial charge in [0.1, 0.15) is 11.6 Å². The van der Waals surface area contributed by atoms with Crippen molar-refractivity contribution >= 4 is 0 Å². The van der Waals surface area contributed by atoms with Crippen molar-refractivity contribution in [2.75, 3.05) is 13.7 Å². The largest absolute Gasteiger partial charge is 0.497 e. The van der Waals surface area contributed by atoms with Gasteiger partial charge in [-0.1, -0.05) is 19.9 Å². The Morgan fingerprint density at radius 3 is 2.60 bits per heavy atom. The second-order valence-corrected chi connectivity index (χ2v) is 3.41. The molecule has 0 saturated heterocycles. The Hall–Kier alpha value is -1.09. The van der Waals surface area contributed by atoms with E-state index in [0.29, 0.717) is 11.3 Å². The first-order valence-electron chi connectivity index (χ1n) is 5.29. The van der Waals surface area contributed by atoms with Gasteiger partial charge in [0.25, 0.3) is 0 Å². The number of halogens is 1. The Bertz CT molecular complexity index is 314. The van der Waals surface area contributed by atoms with Crippen molar-refractivity contribution in [3.63, 3.8) is 0 Å². The lowest BCUT2D eigenvalue weighted by Gasteiger charge is -2.17. The molecule has 2 nitrogen and oxygen atoms in total. The molecule has 0 heterocycles. The molecular formula is C12H18FNO. The van der Waals surface area contributed by atoms with Gasteiger partial charge in [0.15, 0.2) is 0 Å². The van der Waals surface area contributed by atoms with E-state index < -0.39 is 0 Å². The van der Waals surface area contributed by atoms with Gasteiger partial charge in [-0.25, -0.2) is 4.39 Å². The van der Waals surface area contributed by atoms with Gasteiger partial charge < -0.3 is 10.1 Å². The first kappa shape index (κ1) is 12.0. The average Bonchev–Trinajstić information content (AvgIpc) is 2.26. The molecule has 0 aromatic heterocycles. The van der Waals surface area contributed by atoms with Crippen LogP contribution in [0.25, 0.3) is 0 Å². The Balaban J connectivity index is 2.92. The third-order valence-electron chi connectivity index (χ3n) is 2.44. The zero-order chi connectivity index (χ0) is 11.3. The molecule has 0 radical (unpaired) electrons. The van der Waals surface area contributed by atoms with Crippen molar-refractivity contribution in [1.82, 2.24) is 5.32 Å². The maximum absolute atomic E-state index is 13.7. The van der Waals surface area contributed by atoms with Crippen molar-refractivity contribution in [2.45, 2.75) is 26.3 Å². The van der Waals surface area contributed by atoms with Gasteiger partial charge >= 0.3 is 0 Å². The van der Waals surface area contributed by atoms with Gasteiger partial charge in [0.05, 0.1) is 7.11 Å². The third-order valence-corrected chi connectivity index (χ3v) is 2.44. The SMILES string of the molecule is CCNC(CC)c1ccc(OC)cc1F. The van der Waals surface area contributed by atoms with Gasteiger partial charge in [0, 0.05) is 17.7 Å². The van der Waals surface area contributed by atoms with Crippen LogP contribution in [0.3, 0.4) is 0 Å². The van der Waals surface area contributed by atoms with Crippen LogP contribution < -0.4 is 10.1 Å². The highest BCUT2D eigenvalue weighted by Gasteiger charge is 2.13. The molecule has 3 heteroatoms. The molecule has 15 heavy (non-hydrogen) atoms. The maximum Gasteiger partial charge on any atom is 0.131 e. The van der Waals surface area contributed by atoms with Crippen LogP contribution in [0.15, 0.2) is 18.2 Å². The van der Waals surface area contributed by atoms with Crippen molar-refractivity contribution in [2.24, 2.45) is 0 Å². The Labute approximate surface area is 90.4 Å². The van der Waals surface area contributed by atoms with Gasteiger partial charge in [-0.05, 0) is 19.0 Å². The van der Waals surface area contributed by atoms with Crippen molar-refractivity contribution < 1.29 is 9.13 Å². The average molecular weight is 211 g/mol. The molecule has 1 atom stereocenters. The van der Waals surface area contributed by atoms with Crippen LogP contribution in [0, 0.1) is 5.82 Å². The van der Waals surface area contributed by atoms with E-state index in [2.05, 4.69) is 5.32 Å². The fourth-order valence-electron chi connectivity index (χ4n) is 1.64. The van der Waals surface area contributed by atoms with Crippen molar-refractivity contribution in [3.05, 3.63) is 29.6 Å². The number of benzene rings is 1. The summed E-state index contributed by atoms with van der Waals surface area (Å²) in [5, 5.41) is 3.25. The van der Waals surface area contributed by atoms with Crippen LogP contribution in [0.2, 0.25) is 0 Å². The topological polar surface area (TPSA) is 21.3 Å². The second-order valence-electron chi connectivity index (χ2n) is 3.41. The molecule has 0 saturated carbocycles. The normalized spacial score (nSPS) is 12.5. The fourth-order valence-corrected chi connectivity index (χ4v) is 1.64. The van der Waals surface area contributed by atoms with E-state index in [1.807, 2.05) is 13.8 Å². The lowest BCUT2D eigenvalue weighted by atomic mass is 10.0. The van der Waals surface area contributed by atoms with Gasteiger partial charge in [-0.3, -0.25) is 0 Å². The summed E-state index contributed by atoms with van der Waals surface area (Å²) >= 11 is 0. The molecule has 1 aromatic carbocycles. The van der Waals surface area contributed by atoms with E-state index in [4.69, 9.17) is 4.74 Å². The molecule has 0 aliphatic rings. The summed E-state index contributed by atoms with van der Waals surface area (Å²) in [7, 11) is 1.54. The lowest BCUT2D eigenvalue weighted by Crippen LogP contribution is -2.21. The number of hydrogen-bond acceptors (Lipinski definition) is 2. The van der Waals surface area contributed by atoms with Crippen LogP contribution in [0.1, 0.15) is 31.9 Å². The molecule has 1 unspecified atom stereocenters. The molecule has 1 aromatic rings. The Kier molecular flexibility index (Phi) is 4.56. The standard InChI is InChI=1S/C12H18FNO/c1-4-12(14-5-2)10-7-6-9(15-3)8-11(10)13/h6-8,12,14H,4-5H2,1-3H3. The Morgan fingerprint density at radius 1 is 1.40 bits per heavy atom. The lowest BCUT2D eigenvalue weighted by molar-refractivity contribution is 0.409. The monoisotopic (exact) mass is 211 g/mol. The van der Waals surface area contributed by atoms with Crippen LogP contribution >= 0.6 is 0 Å². The van der Waals surface area contributed by atoms with Crippen LogP contribution in [0.4, 0.5) is 4.39 Å². The fraction of sp³-hybridized carbons (Fsp3) is 0.500. The molecule has 0 aliphatic carbocycles. The van der Waals surface area contributed by atoms with Crippen LogP contribution in [-0.4, -0.2) is 13.7 Å². The number of ether oxygens (including phenoxy) is 1. The summed E-state index contributed by atoms with van der Waals surface area (Å²) in [6.45, 7) is 4.89. The zero-order valence-electron chi connectivity index (χ0n) is 9.51. The third kappa shape index (κ3) is 2.93. The molecule has 1 rings (SSSR count). The molecular weight excluding hydrogens is 193 g/mol. The minimum Gasteiger partial charge on any atom is -0.497 e. The molecule has 0 aliphatic heterocycles. The summed E-state index contributed by atoms with van der Waals surface area (Å²) in [6.07, 6.45) is 0.872. The molecule has 0 amide bonds. The maximum atomic E-state index is 13.7. The van der Waals surface area contributed by atoms with E-state index in [0.717, 1.165) is 13.0 Å². The number of methoxy groups -OCH3 is 1. The van der Waals surface area contributed by atoms with E-state index in [-0.39, 0.29) is 11.9 Å². The quantitative estimate of drug-likeness (QED) is 0.808. The predicted octanol–water partition coefficient (Wildman–Crippen LogP) is 2.89. The highest BCUT2D eigenvalue weighted by atomic mass is 19.1. The summed E-state index contributed by atoms with van der Waals surface area (Å²) in [4.78, 5) is 0. The number of rotatable bonds is 5. The van der Waals surface area contributed by atoms with Crippen LogP contribution in [0.5, 0.6) is 5.75 Å². The molecule has 1 N–H and O–H groups in total. The van der Waals surface area contributed by atoms with E-state index in [9.17, 15) is 4.39 Å². The first-order valence-corrected chi connectivity index (χ1v) is 5.29. The van der Waals surface area contributed by atoms with Crippen molar-refractivity contribution in [3.8, 4) is 5.75 Å². The van der Waals surface area contributed by atoms with Gasteiger partial charge in [0.2, 0.25) is 0 Å². The van der Waals surface area contributed by atoms with E-state index in [1.54, 1.807) is 12.1 Å². The zero-order valence-corrected chi connectivity index (χ0v) is 9.51. The molecule has 0 spiro atoms. The summed E-state index contributed by atoms with van der Waals surface area (Å²) in [6, 6.07) is 5.08. The van der Waals surface area contributed by atoms with Gasteiger partial charge in [-0.2, -0.15) is 0 Å². The highest BCUT2D eigenvalue weighted by molar-refractivity contribution is 5.30. The minimum atomic E-state index is -0.206. The molecule has 84 valence electrons. The van der Waals surface area contributed by atoms with Crippen molar-refractivity contribution in [1.29, 1.82) is 0 Å². The molecule has 0 bridgehead atoms. The van der Waals surface area contributed by atoms with Crippen LogP contribution in [-0.2, 0) is 0 Å². The minimum absolute atomic E-state index is 0.0842. The molecule has 0 fully saturated rings. The predicted molar refractivity (Wildman–Crippen MR) is 59.7 cm³/mol. The number of nitrogens with one attached hydrogen (secondary N) is 1. The van der Waals surface area contributed by atoms with Gasteiger partial charge in [-0.15, -0.1) is 0 Å². The van der Waals surface area contributed by atoms with E-state index in [1.165, 1.54) is 13.2 Å². The van der Waals surface area contributed by atoms with E-state index >= 15 is 0 Å². The second kappa shape index (κ2) is 5.71. The highest BCUT2D eigenvalue weighted by Crippen LogP contribution is 2.23. The Morgan fingerprint density at radius 2 is 2.13 bits per heavy atom. The number of hydrogen-bond donors (Lipinski definition) is 1. The summed E-state index contributed by atoms with van der Waals surface area (Å²) < 4.78 is 18.6. The first-order chi connectivity index (χ1) is 7.22.